The second kappa shape index (κ2) is 5.05. The molecule has 1 aromatic heterocycles. The molecule has 0 aromatic carbocycles. The highest BCUT2D eigenvalue weighted by Crippen LogP contribution is 2.17. The summed E-state index contributed by atoms with van der Waals surface area (Å²) in [5.41, 5.74) is 1.92. The summed E-state index contributed by atoms with van der Waals surface area (Å²) in [6.07, 6.45) is 1.99. The second-order valence-corrected chi connectivity index (χ2v) is 5.42. The molecule has 1 fully saturated rings. The van der Waals surface area contributed by atoms with Crippen molar-refractivity contribution in [1.29, 1.82) is 0 Å². The molecule has 4 heteroatoms. The van der Waals surface area contributed by atoms with Crippen LogP contribution in [-0.2, 0) is 6.54 Å². The first-order valence-electron chi connectivity index (χ1n) is 5.59. The molecule has 1 aliphatic rings. The minimum Gasteiger partial charge on any atom is -0.314 e. The van der Waals surface area contributed by atoms with Crippen LogP contribution in [0.2, 0.25) is 0 Å². The summed E-state index contributed by atoms with van der Waals surface area (Å²) in [4.78, 5) is 8.09. The van der Waals surface area contributed by atoms with Gasteiger partial charge >= 0.3 is 0 Å². The number of piperazine rings is 1. The van der Waals surface area contributed by atoms with Crippen LogP contribution in [0.15, 0.2) is 11.7 Å². The van der Waals surface area contributed by atoms with Gasteiger partial charge in [0, 0.05) is 43.3 Å². The number of hydrogen-bond acceptors (Lipinski definition) is 4. The van der Waals surface area contributed by atoms with Gasteiger partial charge in [0.05, 0.1) is 5.51 Å². The Balaban J connectivity index is 1.99. The maximum absolute atomic E-state index is 4.13. The Morgan fingerprint density at radius 1 is 1.67 bits per heavy atom. The topological polar surface area (TPSA) is 28.2 Å². The summed E-state index contributed by atoms with van der Waals surface area (Å²) < 4.78 is 0. The molecule has 0 bridgehead atoms. The molecule has 0 amide bonds. The van der Waals surface area contributed by atoms with E-state index in [-0.39, 0.29) is 0 Å². The molecule has 1 aliphatic heterocycles. The molecule has 2 rings (SSSR count). The summed E-state index contributed by atoms with van der Waals surface area (Å²) in [5.74, 6) is 0.714. The van der Waals surface area contributed by atoms with Crippen molar-refractivity contribution in [2.45, 2.75) is 26.4 Å². The molecule has 15 heavy (non-hydrogen) atoms. The molecular weight excluding hydrogens is 206 g/mol. The van der Waals surface area contributed by atoms with Crippen LogP contribution in [0.25, 0.3) is 0 Å². The zero-order valence-electron chi connectivity index (χ0n) is 9.44. The Labute approximate surface area is 95.5 Å². The monoisotopic (exact) mass is 225 g/mol. The Bertz CT molecular complexity index is 284. The zero-order chi connectivity index (χ0) is 10.7. The summed E-state index contributed by atoms with van der Waals surface area (Å²) in [6.45, 7) is 9.06. The quantitative estimate of drug-likeness (QED) is 0.846. The molecule has 2 heterocycles. The van der Waals surface area contributed by atoms with Crippen molar-refractivity contribution in [2.75, 3.05) is 19.6 Å². The highest BCUT2D eigenvalue weighted by atomic mass is 32.1. The Morgan fingerprint density at radius 2 is 2.53 bits per heavy atom. The van der Waals surface area contributed by atoms with E-state index in [4.69, 9.17) is 0 Å². The number of nitrogens with zero attached hydrogens (tertiary/aromatic N) is 2. The summed E-state index contributed by atoms with van der Waals surface area (Å²) in [7, 11) is 0. The molecule has 3 nitrogen and oxygen atoms in total. The Kier molecular flexibility index (Phi) is 3.72. The fourth-order valence-electron chi connectivity index (χ4n) is 2.14. The molecule has 1 N–H and O–H groups in total. The van der Waals surface area contributed by atoms with E-state index in [2.05, 4.69) is 29.0 Å². The Morgan fingerprint density at radius 3 is 3.20 bits per heavy atom. The van der Waals surface area contributed by atoms with Gasteiger partial charge in [0.1, 0.15) is 0 Å². The predicted molar refractivity (Wildman–Crippen MR) is 64.0 cm³/mol. The van der Waals surface area contributed by atoms with Crippen LogP contribution in [0.5, 0.6) is 0 Å². The normalized spacial score (nSPS) is 23.5. The largest absolute Gasteiger partial charge is 0.314 e. The summed E-state index contributed by atoms with van der Waals surface area (Å²) in [5, 5.41) is 3.47. The maximum Gasteiger partial charge on any atom is 0.0794 e. The van der Waals surface area contributed by atoms with Crippen molar-refractivity contribution in [3.05, 3.63) is 16.6 Å². The van der Waals surface area contributed by atoms with Gasteiger partial charge in [-0.3, -0.25) is 9.88 Å². The van der Waals surface area contributed by atoms with Gasteiger partial charge < -0.3 is 5.32 Å². The summed E-state index contributed by atoms with van der Waals surface area (Å²) >= 11 is 1.76. The molecule has 1 saturated heterocycles. The number of hydrogen-bond donors (Lipinski definition) is 1. The van der Waals surface area contributed by atoms with Crippen LogP contribution in [0, 0.1) is 5.92 Å². The first-order chi connectivity index (χ1) is 7.27. The van der Waals surface area contributed by atoms with E-state index in [0.717, 1.165) is 26.2 Å². The van der Waals surface area contributed by atoms with Crippen LogP contribution in [0.3, 0.4) is 0 Å². The van der Waals surface area contributed by atoms with E-state index < -0.39 is 0 Å². The zero-order valence-corrected chi connectivity index (χ0v) is 10.3. The van der Waals surface area contributed by atoms with Crippen LogP contribution in [0.1, 0.15) is 18.7 Å². The third kappa shape index (κ3) is 2.77. The molecule has 0 saturated carbocycles. The van der Waals surface area contributed by atoms with E-state index in [0.29, 0.717) is 12.0 Å². The minimum absolute atomic E-state index is 0.667. The predicted octanol–water partition coefficient (Wildman–Crippen LogP) is 1.57. The van der Waals surface area contributed by atoms with Gasteiger partial charge in [-0.1, -0.05) is 13.8 Å². The molecule has 1 atom stereocenters. The lowest BCUT2D eigenvalue weighted by molar-refractivity contribution is 0.118. The van der Waals surface area contributed by atoms with E-state index >= 15 is 0 Å². The smallest absolute Gasteiger partial charge is 0.0794 e. The highest BCUT2D eigenvalue weighted by Gasteiger charge is 2.24. The van der Waals surface area contributed by atoms with E-state index in [9.17, 15) is 0 Å². The van der Waals surface area contributed by atoms with Crippen molar-refractivity contribution >= 4 is 11.3 Å². The lowest BCUT2D eigenvalue weighted by Crippen LogP contribution is -2.52. The number of rotatable bonds is 3. The first kappa shape index (κ1) is 11.0. The molecular formula is C11H19N3S. The van der Waals surface area contributed by atoms with Gasteiger partial charge in [0.2, 0.25) is 0 Å². The van der Waals surface area contributed by atoms with Crippen molar-refractivity contribution < 1.29 is 0 Å². The number of nitrogens with one attached hydrogen (secondary N) is 1. The van der Waals surface area contributed by atoms with E-state index in [1.807, 2.05) is 11.7 Å². The molecule has 84 valence electrons. The van der Waals surface area contributed by atoms with Crippen LogP contribution >= 0.6 is 11.3 Å². The fraction of sp³-hybridized carbons (Fsp3) is 0.727. The van der Waals surface area contributed by atoms with Gasteiger partial charge in [-0.05, 0) is 5.92 Å². The average Bonchev–Trinajstić information content (AvgIpc) is 2.71. The minimum atomic E-state index is 0.667. The third-order valence-corrected chi connectivity index (χ3v) is 3.77. The van der Waals surface area contributed by atoms with Crippen molar-refractivity contribution in [2.24, 2.45) is 5.92 Å². The van der Waals surface area contributed by atoms with Gasteiger partial charge in [0.15, 0.2) is 0 Å². The molecule has 0 radical (unpaired) electrons. The summed E-state index contributed by atoms with van der Waals surface area (Å²) in [6, 6.07) is 0.667. The van der Waals surface area contributed by atoms with E-state index in [1.165, 1.54) is 4.88 Å². The Hall–Kier alpha value is -0.450. The van der Waals surface area contributed by atoms with Crippen LogP contribution in [0.4, 0.5) is 0 Å². The van der Waals surface area contributed by atoms with Crippen molar-refractivity contribution in [3.8, 4) is 0 Å². The molecule has 0 spiro atoms. The molecule has 1 unspecified atom stereocenters. The first-order valence-corrected chi connectivity index (χ1v) is 6.47. The van der Waals surface area contributed by atoms with Gasteiger partial charge in [-0.15, -0.1) is 11.3 Å². The van der Waals surface area contributed by atoms with Crippen LogP contribution < -0.4 is 5.32 Å². The van der Waals surface area contributed by atoms with E-state index in [1.54, 1.807) is 11.3 Å². The SMILES string of the molecule is CC(C)C1CNCCN1Cc1cncs1. The standard InChI is InChI=1S/C11H19N3S/c1-9(2)11-6-12-3-4-14(11)7-10-5-13-8-15-10/h5,8-9,11-12H,3-4,6-7H2,1-2H3. The molecule has 1 aromatic rings. The van der Waals surface area contributed by atoms with Gasteiger partial charge in [-0.2, -0.15) is 0 Å². The van der Waals surface area contributed by atoms with Crippen LogP contribution in [-0.4, -0.2) is 35.6 Å². The van der Waals surface area contributed by atoms with Crippen molar-refractivity contribution in [1.82, 2.24) is 15.2 Å². The lowest BCUT2D eigenvalue weighted by Gasteiger charge is -2.38. The van der Waals surface area contributed by atoms with Gasteiger partial charge in [0.25, 0.3) is 0 Å². The maximum atomic E-state index is 4.13. The van der Waals surface area contributed by atoms with Crippen molar-refractivity contribution in [3.63, 3.8) is 0 Å². The third-order valence-electron chi connectivity index (χ3n) is 3.01. The number of thiazole rings is 1. The average molecular weight is 225 g/mol. The fourth-order valence-corrected chi connectivity index (χ4v) is 2.76. The number of aromatic nitrogens is 1. The second-order valence-electron chi connectivity index (χ2n) is 4.45. The molecule has 0 aliphatic carbocycles. The van der Waals surface area contributed by atoms with Gasteiger partial charge in [-0.25, -0.2) is 0 Å². The lowest BCUT2D eigenvalue weighted by atomic mass is 10.0. The highest BCUT2D eigenvalue weighted by molar-refractivity contribution is 7.09.